The van der Waals surface area contributed by atoms with Gasteiger partial charge in [-0.05, 0) is 44.6 Å². The van der Waals surface area contributed by atoms with E-state index in [0.717, 1.165) is 51.4 Å². The van der Waals surface area contributed by atoms with Crippen LogP contribution in [0.4, 0.5) is 0 Å². The van der Waals surface area contributed by atoms with E-state index in [1.807, 2.05) is 0 Å². The zero-order valence-electron chi connectivity index (χ0n) is 17.8. The summed E-state index contributed by atoms with van der Waals surface area (Å²) in [4.78, 5) is 19.9. The topological polar surface area (TPSA) is 56.7 Å². The van der Waals surface area contributed by atoms with Crippen molar-refractivity contribution < 1.29 is 4.79 Å². The number of nitrogens with one attached hydrogen (secondary N) is 2. The van der Waals surface area contributed by atoms with Crippen LogP contribution in [0.1, 0.15) is 63.9 Å². The molecule has 1 unspecified atom stereocenters. The molecule has 158 valence electrons. The van der Waals surface area contributed by atoms with Crippen LogP contribution < -0.4 is 10.6 Å². The average Bonchev–Trinajstić information content (AvgIpc) is 3.43. The molecule has 5 heteroatoms. The molecule has 29 heavy (non-hydrogen) atoms. The van der Waals surface area contributed by atoms with Gasteiger partial charge >= 0.3 is 0 Å². The van der Waals surface area contributed by atoms with Gasteiger partial charge in [0.15, 0.2) is 5.96 Å². The van der Waals surface area contributed by atoms with Crippen molar-refractivity contribution in [3.05, 3.63) is 35.9 Å². The van der Waals surface area contributed by atoms with Gasteiger partial charge in [0.1, 0.15) is 0 Å². The summed E-state index contributed by atoms with van der Waals surface area (Å²) in [7, 11) is 0. The molecule has 1 heterocycles. The second-order valence-corrected chi connectivity index (χ2v) is 9.09. The van der Waals surface area contributed by atoms with Gasteiger partial charge < -0.3 is 15.5 Å². The van der Waals surface area contributed by atoms with Crippen molar-refractivity contribution in [1.29, 1.82) is 0 Å². The van der Waals surface area contributed by atoms with Gasteiger partial charge in [-0.25, -0.2) is 0 Å². The van der Waals surface area contributed by atoms with Crippen molar-refractivity contribution in [2.24, 2.45) is 10.9 Å². The fourth-order valence-corrected chi connectivity index (χ4v) is 4.91. The summed E-state index contributed by atoms with van der Waals surface area (Å²) in [5.41, 5.74) is 1.63. The van der Waals surface area contributed by atoms with Crippen LogP contribution in [0, 0.1) is 5.92 Å². The zero-order valence-corrected chi connectivity index (χ0v) is 17.8. The van der Waals surface area contributed by atoms with Crippen molar-refractivity contribution in [3.8, 4) is 0 Å². The van der Waals surface area contributed by atoms with Crippen LogP contribution in [0.25, 0.3) is 0 Å². The van der Waals surface area contributed by atoms with Gasteiger partial charge in [0, 0.05) is 37.0 Å². The van der Waals surface area contributed by atoms with E-state index in [9.17, 15) is 4.79 Å². The average molecular weight is 397 g/mol. The Labute approximate surface area is 175 Å². The van der Waals surface area contributed by atoms with Crippen molar-refractivity contribution in [3.63, 3.8) is 0 Å². The molecule has 0 bridgehead atoms. The third kappa shape index (κ3) is 4.93. The monoisotopic (exact) mass is 396 g/mol. The van der Waals surface area contributed by atoms with Crippen LogP contribution in [0.15, 0.2) is 35.3 Å². The van der Waals surface area contributed by atoms with E-state index in [2.05, 4.69) is 52.8 Å². The Bertz CT molecular complexity index is 707. The van der Waals surface area contributed by atoms with E-state index >= 15 is 0 Å². The largest absolute Gasteiger partial charge is 0.357 e. The molecule has 1 atom stereocenters. The Morgan fingerprint density at radius 2 is 1.90 bits per heavy atom. The van der Waals surface area contributed by atoms with Crippen molar-refractivity contribution >= 4 is 11.9 Å². The highest BCUT2D eigenvalue weighted by molar-refractivity contribution is 5.81. The number of carbonyl (C=O) groups is 1. The minimum absolute atomic E-state index is 0.224. The highest BCUT2D eigenvalue weighted by Crippen LogP contribution is 2.48. The van der Waals surface area contributed by atoms with Gasteiger partial charge in [-0.3, -0.25) is 9.79 Å². The van der Waals surface area contributed by atoms with Gasteiger partial charge in [0.2, 0.25) is 5.91 Å². The van der Waals surface area contributed by atoms with Crippen molar-refractivity contribution in [2.75, 3.05) is 26.2 Å². The molecular weight excluding hydrogens is 360 g/mol. The molecule has 1 saturated heterocycles. The van der Waals surface area contributed by atoms with E-state index in [4.69, 9.17) is 4.99 Å². The third-order valence-electron chi connectivity index (χ3n) is 6.92. The minimum atomic E-state index is 0.224. The number of carbonyl (C=O) groups excluding carboxylic acids is 1. The maximum absolute atomic E-state index is 12.8. The Hall–Kier alpha value is -2.04. The van der Waals surface area contributed by atoms with Crippen LogP contribution in [0.3, 0.4) is 0 Å². The number of aliphatic imine (C=N–C) groups is 1. The van der Waals surface area contributed by atoms with Gasteiger partial charge in [-0.2, -0.15) is 0 Å². The SMILES string of the molecule is CCNC(=NCC1(c2ccccc2)CC1)NC1CCN(C(=O)C2CCCCC2)C1. The fraction of sp³-hybridized carbons (Fsp3) is 0.667. The normalized spacial score (nSPS) is 24.4. The number of hydrogen-bond donors (Lipinski definition) is 2. The molecule has 1 aromatic carbocycles. The maximum atomic E-state index is 12.8. The van der Waals surface area contributed by atoms with Gasteiger partial charge in [0.25, 0.3) is 0 Å². The van der Waals surface area contributed by atoms with E-state index < -0.39 is 0 Å². The zero-order chi connectivity index (χ0) is 20.1. The summed E-state index contributed by atoms with van der Waals surface area (Å²) in [6.45, 7) is 5.46. The smallest absolute Gasteiger partial charge is 0.225 e. The molecule has 1 aliphatic heterocycles. The van der Waals surface area contributed by atoms with Crippen molar-refractivity contribution in [1.82, 2.24) is 15.5 Å². The molecule has 1 aromatic rings. The molecule has 5 nitrogen and oxygen atoms in total. The summed E-state index contributed by atoms with van der Waals surface area (Å²) in [5.74, 6) is 1.55. The third-order valence-corrected chi connectivity index (χ3v) is 6.92. The molecule has 4 rings (SSSR count). The summed E-state index contributed by atoms with van der Waals surface area (Å²) in [5, 5.41) is 7.01. The number of hydrogen-bond acceptors (Lipinski definition) is 2. The van der Waals surface area contributed by atoms with Crippen LogP contribution in [-0.2, 0) is 10.2 Å². The predicted molar refractivity (Wildman–Crippen MR) is 118 cm³/mol. The van der Waals surface area contributed by atoms with E-state index in [-0.39, 0.29) is 11.3 Å². The van der Waals surface area contributed by atoms with E-state index in [0.29, 0.717) is 11.9 Å². The lowest BCUT2D eigenvalue weighted by atomic mass is 9.88. The van der Waals surface area contributed by atoms with Crippen LogP contribution in [0.5, 0.6) is 0 Å². The molecule has 1 amide bonds. The second kappa shape index (κ2) is 9.19. The number of rotatable bonds is 6. The Balaban J connectivity index is 1.33. The molecule has 3 aliphatic rings. The van der Waals surface area contributed by atoms with Crippen LogP contribution >= 0.6 is 0 Å². The van der Waals surface area contributed by atoms with Gasteiger partial charge in [-0.15, -0.1) is 0 Å². The first-order chi connectivity index (χ1) is 14.2. The Morgan fingerprint density at radius 3 is 2.59 bits per heavy atom. The molecule has 2 saturated carbocycles. The summed E-state index contributed by atoms with van der Waals surface area (Å²) < 4.78 is 0. The second-order valence-electron chi connectivity index (χ2n) is 9.09. The number of nitrogens with zero attached hydrogens (tertiary/aromatic N) is 2. The summed E-state index contributed by atoms with van der Waals surface area (Å²) >= 11 is 0. The standard InChI is InChI=1S/C24H36N4O/c1-2-25-23(26-18-24(14-15-24)20-11-7-4-8-12-20)27-21-13-16-28(17-21)22(29)19-9-5-3-6-10-19/h4,7-8,11-12,19,21H,2-3,5-6,9-10,13-18H2,1H3,(H2,25,26,27). The van der Waals surface area contributed by atoms with Crippen molar-refractivity contribution in [2.45, 2.75) is 69.7 Å². The summed E-state index contributed by atoms with van der Waals surface area (Å²) in [6.07, 6.45) is 9.32. The Morgan fingerprint density at radius 1 is 1.14 bits per heavy atom. The molecular formula is C24H36N4O. The lowest BCUT2D eigenvalue weighted by molar-refractivity contribution is -0.135. The number of guanidine groups is 1. The highest BCUT2D eigenvalue weighted by atomic mass is 16.2. The number of likely N-dealkylation sites (tertiary alicyclic amines) is 1. The fourth-order valence-electron chi connectivity index (χ4n) is 4.91. The number of amides is 1. The predicted octanol–water partition coefficient (Wildman–Crippen LogP) is 3.45. The lowest BCUT2D eigenvalue weighted by Crippen LogP contribution is -2.46. The highest BCUT2D eigenvalue weighted by Gasteiger charge is 2.44. The molecule has 0 spiro atoms. The summed E-state index contributed by atoms with van der Waals surface area (Å²) in [6, 6.07) is 11.1. The van der Waals surface area contributed by atoms with E-state index in [1.165, 1.54) is 37.7 Å². The first-order valence-electron chi connectivity index (χ1n) is 11.6. The molecule has 0 aromatic heterocycles. The molecule has 2 N–H and O–H groups in total. The number of benzene rings is 1. The first kappa shape index (κ1) is 20.2. The first-order valence-corrected chi connectivity index (χ1v) is 11.6. The van der Waals surface area contributed by atoms with Crippen LogP contribution in [0.2, 0.25) is 0 Å². The molecule has 0 radical (unpaired) electrons. The lowest BCUT2D eigenvalue weighted by Gasteiger charge is -2.26. The molecule has 3 fully saturated rings. The minimum Gasteiger partial charge on any atom is -0.357 e. The maximum Gasteiger partial charge on any atom is 0.225 e. The van der Waals surface area contributed by atoms with Crippen LogP contribution in [-0.4, -0.2) is 49.0 Å². The quantitative estimate of drug-likeness (QED) is 0.572. The molecule has 2 aliphatic carbocycles. The van der Waals surface area contributed by atoms with Gasteiger partial charge in [0.05, 0.1) is 6.54 Å². The Kier molecular flexibility index (Phi) is 6.41. The van der Waals surface area contributed by atoms with Gasteiger partial charge in [-0.1, -0.05) is 49.6 Å². The van der Waals surface area contributed by atoms with E-state index in [1.54, 1.807) is 0 Å².